The summed E-state index contributed by atoms with van der Waals surface area (Å²) in [5.41, 5.74) is 4.04. The van der Waals surface area contributed by atoms with E-state index in [2.05, 4.69) is 10.6 Å². The summed E-state index contributed by atoms with van der Waals surface area (Å²) in [5, 5.41) is 6.43. The third kappa shape index (κ3) is 3.76. The third-order valence-corrected chi connectivity index (χ3v) is 5.51. The van der Waals surface area contributed by atoms with Crippen molar-refractivity contribution in [1.29, 1.82) is 0 Å². The second-order valence-corrected chi connectivity index (χ2v) is 7.74. The highest BCUT2D eigenvalue weighted by atomic mass is 32.1. The molecule has 0 aromatic heterocycles. The molecule has 2 aliphatic rings. The molecule has 1 unspecified atom stereocenters. The highest BCUT2D eigenvalue weighted by Gasteiger charge is 2.30. The predicted molar refractivity (Wildman–Crippen MR) is 128 cm³/mol. The number of fused-ring (bicyclic) bond motifs is 2. The summed E-state index contributed by atoms with van der Waals surface area (Å²) in [6, 6.07) is 23.0. The van der Waals surface area contributed by atoms with Gasteiger partial charge in [0.05, 0.1) is 11.4 Å². The summed E-state index contributed by atoms with van der Waals surface area (Å²) in [6.45, 7) is 0.196. The molecule has 0 aliphatic carbocycles. The lowest BCUT2D eigenvalue weighted by Crippen LogP contribution is -2.47. The van der Waals surface area contributed by atoms with E-state index < -0.39 is 6.17 Å². The molecule has 7 nitrogen and oxygen atoms in total. The first-order valence-electron chi connectivity index (χ1n) is 10.1. The highest BCUT2D eigenvalue weighted by Crippen LogP contribution is 2.34. The largest absolute Gasteiger partial charge is 0.454 e. The van der Waals surface area contributed by atoms with Crippen molar-refractivity contribution < 1.29 is 14.3 Å². The van der Waals surface area contributed by atoms with Crippen LogP contribution in [0.25, 0.3) is 0 Å². The molecule has 5 rings (SSSR count). The molecular formula is C24H20N4O3S. The second-order valence-electron chi connectivity index (χ2n) is 7.33. The van der Waals surface area contributed by atoms with Gasteiger partial charge in [0, 0.05) is 29.9 Å². The normalized spacial score (nSPS) is 16.7. The molecule has 1 amide bonds. The van der Waals surface area contributed by atoms with E-state index in [0.717, 1.165) is 28.2 Å². The molecule has 2 N–H and O–H groups in total. The predicted octanol–water partition coefficient (Wildman–Crippen LogP) is 3.54. The van der Waals surface area contributed by atoms with Crippen LogP contribution < -0.4 is 25.0 Å². The van der Waals surface area contributed by atoms with Crippen LogP contribution in [-0.4, -0.2) is 36.7 Å². The van der Waals surface area contributed by atoms with E-state index in [9.17, 15) is 4.79 Å². The minimum atomic E-state index is -0.892. The monoisotopic (exact) mass is 444 g/mol. The first-order chi connectivity index (χ1) is 15.6. The van der Waals surface area contributed by atoms with Gasteiger partial charge in [-0.25, -0.2) is 4.99 Å². The lowest BCUT2D eigenvalue weighted by atomic mass is 10.0. The molecule has 0 spiro atoms. The number of anilines is 2. The zero-order valence-corrected chi connectivity index (χ0v) is 18.1. The number of amides is 1. The fraction of sp³-hybridized carbons (Fsp3) is 0.125. The maximum absolute atomic E-state index is 13.3. The van der Waals surface area contributed by atoms with Gasteiger partial charge in [-0.1, -0.05) is 48.5 Å². The van der Waals surface area contributed by atoms with E-state index in [1.165, 1.54) is 0 Å². The Balaban J connectivity index is 1.45. The maximum atomic E-state index is 13.3. The van der Waals surface area contributed by atoms with Crippen LogP contribution in [0.15, 0.2) is 77.8 Å². The average Bonchev–Trinajstić information content (AvgIpc) is 3.26. The van der Waals surface area contributed by atoms with Crippen LogP contribution in [0.1, 0.15) is 11.1 Å². The molecule has 2 aliphatic heterocycles. The first-order valence-corrected chi connectivity index (χ1v) is 10.5. The zero-order chi connectivity index (χ0) is 22.1. The van der Waals surface area contributed by atoms with Crippen molar-refractivity contribution in [1.82, 2.24) is 5.32 Å². The summed E-state index contributed by atoms with van der Waals surface area (Å²) in [6.07, 6.45) is -0.892. The fourth-order valence-corrected chi connectivity index (χ4v) is 3.94. The zero-order valence-electron chi connectivity index (χ0n) is 17.2. The Hall–Kier alpha value is -3.91. The number of ether oxygens (including phenoxy) is 2. The summed E-state index contributed by atoms with van der Waals surface area (Å²) < 4.78 is 10.7. The van der Waals surface area contributed by atoms with Gasteiger partial charge >= 0.3 is 0 Å². The Morgan fingerprint density at radius 1 is 1.03 bits per heavy atom. The number of hydrogen-bond donors (Lipinski definition) is 2. The lowest BCUT2D eigenvalue weighted by molar-refractivity contribution is -0.119. The van der Waals surface area contributed by atoms with E-state index in [1.54, 1.807) is 24.1 Å². The van der Waals surface area contributed by atoms with Crippen LogP contribution in [0.2, 0.25) is 0 Å². The molecule has 2 heterocycles. The molecule has 8 heteroatoms. The van der Waals surface area contributed by atoms with Crippen LogP contribution in [-0.2, 0) is 4.79 Å². The number of aliphatic imine (C=N–C) groups is 1. The van der Waals surface area contributed by atoms with Crippen molar-refractivity contribution in [3.8, 4) is 11.5 Å². The van der Waals surface area contributed by atoms with Crippen LogP contribution in [0.4, 0.5) is 11.4 Å². The lowest BCUT2D eigenvalue weighted by Gasteiger charge is -2.22. The number of nitrogens with zero attached hydrogens (tertiary/aromatic N) is 2. The van der Waals surface area contributed by atoms with E-state index in [4.69, 9.17) is 26.7 Å². The van der Waals surface area contributed by atoms with E-state index in [1.807, 2.05) is 60.7 Å². The van der Waals surface area contributed by atoms with E-state index in [-0.39, 0.29) is 17.8 Å². The molecule has 3 aromatic rings. The number of benzodiazepines with no additional fused rings is 1. The molecule has 0 bridgehead atoms. The average molecular weight is 445 g/mol. The molecule has 0 saturated heterocycles. The second kappa shape index (κ2) is 8.32. The smallest absolute Gasteiger partial charge is 0.272 e. The van der Waals surface area contributed by atoms with Crippen molar-refractivity contribution in [3.05, 3.63) is 83.9 Å². The molecule has 0 fully saturated rings. The molecule has 32 heavy (non-hydrogen) atoms. The molecule has 0 saturated carbocycles. The number of likely N-dealkylation sites (N-methyl/N-ethyl adjacent to an activating group) is 1. The Labute approximate surface area is 190 Å². The molecule has 0 radical (unpaired) electrons. The van der Waals surface area contributed by atoms with Crippen molar-refractivity contribution in [2.24, 2.45) is 4.99 Å². The van der Waals surface area contributed by atoms with Crippen LogP contribution in [0.3, 0.4) is 0 Å². The van der Waals surface area contributed by atoms with E-state index >= 15 is 0 Å². The Kier molecular flexibility index (Phi) is 5.20. The number of rotatable bonds is 3. The SMILES string of the molecule is CN1C(=O)C(NC(=S)Nc2ccc3c(c2)OCO3)N=C(c2ccccc2)c2ccccc21. The quantitative estimate of drug-likeness (QED) is 0.602. The van der Waals surface area contributed by atoms with Gasteiger partial charge in [-0.2, -0.15) is 0 Å². The van der Waals surface area contributed by atoms with Gasteiger partial charge in [0.15, 0.2) is 16.6 Å². The molecular weight excluding hydrogens is 424 g/mol. The number of thiocarbonyl (C=S) groups is 1. The van der Waals surface area contributed by atoms with Crippen molar-refractivity contribution in [2.45, 2.75) is 6.17 Å². The fourth-order valence-electron chi connectivity index (χ4n) is 3.71. The maximum Gasteiger partial charge on any atom is 0.272 e. The van der Waals surface area contributed by atoms with Gasteiger partial charge in [-0.05, 0) is 30.4 Å². The number of para-hydroxylation sites is 1. The minimum absolute atomic E-state index is 0.196. The van der Waals surface area contributed by atoms with Gasteiger partial charge in [0.25, 0.3) is 5.91 Å². The van der Waals surface area contributed by atoms with Crippen LogP contribution in [0, 0.1) is 0 Å². The van der Waals surface area contributed by atoms with Crippen LogP contribution in [0.5, 0.6) is 11.5 Å². The summed E-state index contributed by atoms with van der Waals surface area (Å²) in [4.78, 5) is 19.7. The Morgan fingerprint density at radius 3 is 2.62 bits per heavy atom. The number of hydrogen-bond acceptors (Lipinski definition) is 5. The topological polar surface area (TPSA) is 75.2 Å². The third-order valence-electron chi connectivity index (χ3n) is 5.29. The number of nitrogens with one attached hydrogen (secondary N) is 2. The number of carbonyl (C=O) groups is 1. The minimum Gasteiger partial charge on any atom is -0.454 e. The molecule has 1 atom stereocenters. The number of carbonyl (C=O) groups excluding carboxylic acids is 1. The van der Waals surface area contributed by atoms with Gasteiger partial charge < -0.3 is 25.0 Å². The Bertz CT molecular complexity index is 1230. The van der Waals surface area contributed by atoms with E-state index in [0.29, 0.717) is 11.5 Å². The van der Waals surface area contributed by atoms with Gasteiger partial charge in [0.1, 0.15) is 0 Å². The number of benzene rings is 3. The van der Waals surface area contributed by atoms with Gasteiger partial charge in [0.2, 0.25) is 13.0 Å². The molecule has 3 aromatic carbocycles. The van der Waals surface area contributed by atoms with Gasteiger partial charge in [-0.3, -0.25) is 4.79 Å². The van der Waals surface area contributed by atoms with Crippen LogP contribution >= 0.6 is 12.2 Å². The summed E-state index contributed by atoms with van der Waals surface area (Å²) in [7, 11) is 1.74. The van der Waals surface area contributed by atoms with Crippen molar-refractivity contribution >= 4 is 40.3 Å². The standard InChI is InChI=1S/C24H20N4O3S/c1-28-18-10-6-5-9-17(18)21(15-7-3-2-4-8-15)26-22(23(28)29)27-24(32)25-16-11-12-19-20(13-16)31-14-30-19/h2-13,22H,14H2,1H3,(H2,25,27,32). The highest BCUT2D eigenvalue weighted by molar-refractivity contribution is 7.80. The van der Waals surface area contributed by atoms with Crippen molar-refractivity contribution in [2.75, 3.05) is 24.1 Å². The summed E-state index contributed by atoms with van der Waals surface area (Å²) >= 11 is 5.49. The Morgan fingerprint density at radius 2 is 1.78 bits per heavy atom. The summed E-state index contributed by atoms with van der Waals surface area (Å²) in [5.74, 6) is 1.12. The molecule has 160 valence electrons. The van der Waals surface area contributed by atoms with Crippen molar-refractivity contribution in [3.63, 3.8) is 0 Å². The van der Waals surface area contributed by atoms with Gasteiger partial charge in [-0.15, -0.1) is 0 Å². The first kappa shape index (κ1) is 20.0.